The fourth-order valence-electron chi connectivity index (χ4n) is 3.31. The molecule has 2 aromatic heterocycles. The molecule has 1 fully saturated rings. The van der Waals surface area contributed by atoms with Crippen LogP contribution in [0.2, 0.25) is 0 Å². The zero-order chi connectivity index (χ0) is 18.1. The van der Waals surface area contributed by atoms with Crippen molar-refractivity contribution in [3.63, 3.8) is 0 Å². The van der Waals surface area contributed by atoms with Gasteiger partial charge in [-0.1, -0.05) is 30.3 Å². The van der Waals surface area contributed by atoms with Gasteiger partial charge >= 0.3 is 0 Å². The summed E-state index contributed by atoms with van der Waals surface area (Å²) in [4.78, 5) is 25.0. The minimum Gasteiger partial charge on any atom is -0.336 e. The van der Waals surface area contributed by atoms with Crippen molar-refractivity contribution in [1.82, 2.24) is 24.8 Å². The van der Waals surface area contributed by atoms with E-state index in [4.69, 9.17) is 0 Å². The van der Waals surface area contributed by atoms with Crippen LogP contribution in [0.5, 0.6) is 0 Å². The van der Waals surface area contributed by atoms with Gasteiger partial charge in [-0.05, 0) is 6.92 Å². The fraction of sp³-hybridized carbons (Fsp3) is 0.316. The van der Waals surface area contributed by atoms with E-state index in [0.717, 1.165) is 28.6 Å². The number of aryl methyl sites for hydroxylation is 2. The number of nitrogens with zero attached hydrogens (tertiary/aromatic N) is 4. The number of imidazole rings is 1. The van der Waals surface area contributed by atoms with E-state index in [1.807, 2.05) is 60.0 Å². The van der Waals surface area contributed by atoms with Crippen LogP contribution in [-0.4, -0.2) is 45.0 Å². The summed E-state index contributed by atoms with van der Waals surface area (Å²) in [5, 5.41) is 4.26. The molecule has 0 saturated carbocycles. The second kappa shape index (κ2) is 7.01. The lowest BCUT2D eigenvalue weighted by atomic mass is 10.1. The Morgan fingerprint density at radius 2 is 2.12 bits per heavy atom. The molecule has 0 bridgehead atoms. The highest BCUT2D eigenvalue weighted by atomic mass is 32.1. The quantitative estimate of drug-likeness (QED) is 0.773. The van der Waals surface area contributed by atoms with Crippen LogP contribution in [0.3, 0.4) is 0 Å². The van der Waals surface area contributed by atoms with E-state index in [1.54, 1.807) is 6.20 Å². The molecule has 26 heavy (non-hydrogen) atoms. The molecule has 1 aliphatic heterocycles. The normalized spacial score (nSPS) is 17.5. The standard InChI is InChI=1S/C19H21N5OS/c1-13-16(26-18(22-13)14-6-4-3-5-7-14)19(25)24-11-8-20-12-15(24)17-21-9-10-23(17)2/h3-7,9-10,15,20H,8,11-12H2,1-2H3. The first-order valence-electron chi connectivity index (χ1n) is 8.67. The smallest absolute Gasteiger partial charge is 0.266 e. The summed E-state index contributed by atoms with van der Waals surface area (Å²) in [6.45, 7) is 4.07. The number of rotatable bonds is 3. The molecule has 134 valence electrons. The number of carbonyl (C=O) groups is 1. The van der Waals surface area contributed by atoms with Gasteiger partial charge in [-0.3, -0.25) is 4.79 Å². The maximum Gasteiger partial charge on any atom is 0.266 e. The first-order chi connectivity index (χ1) is 12.6. The molecule has 7 heteroatoms. The number of amides is 1. The molecule has 0 aliphatic carbocycles. The summed E-state index contributed by atoms with van der Waals surface area (Å²) in [6, 6.07) is 9.93. The van der Waals surface area contributed by atoms with Gasteiger partial charge in [-0.2, -0.15) is 0 Å². The molecule has 1 saturated heterocycles. The molecule has 0 radical (unpaired) electrons. The molecule has 1 atom stereocenters. The second-order valence-corrected chi connectivity index (χ2v) is 7.41. The Labute approximate surface area is 156 Å². The third-order valence-corrected chi connectivity index (χ3v) is 5.87. The van der Waals surface area contributed by atoms with Crippen molar-refractivity contribution in [2.24, 2.45) is 7.05 Å². The average molecular weight is 367 g/mol. The van der Waals surface area contributed by atoms with Crippen molar-refractivity contribution >= 4 is 17.2 Å². The van der Waals surface area contributed by atoms with E-state index < -0.39 is 0 Å². The fourth-order valence-corrected chi connectivity index (χ4v) is 4.33. The van der Waals surface area contributed by atoms with E-state index >= 15 is 0 Å². The molecule has 6 nitrogen and oxygen atoms in total. The molecular formula is C19H21N5OS. The monoisotopic (exact) mass is 367 g/mol. The molecule has 3 aromatic rings. The first kappa shape index (κ1) is 16.9. The van der Waals surface area contributed by atoms with Gasteiger partial charge in [-0.25, -0.2) is 9.97 Å². The number of nitrogens with one attached hydrogen (secondary N) is 1. The minimum atomic E-state index is -0.0714. The van der Waals surface area contributed by atoms with Crippen LogP contribution in [0.15, 0.2) is 42.7 Å². The molecule has 1 amide bonds. The topological polar surface area (TPSA) is 63.1 Å². The number of hydrogen-bond donors (Lipinski definition) is 1. The van der Waals surface area contributed by atoms with Gasteiger partial charge < -0.3 is 14.8 Å². The Hall–Kier alpha value is -2.51. The summed E-state index contributed by atoms with van der Waals surface area (Å²) in [5.41, 5.74) is 1.83. The molecule has 0 spiro atoms. The second-order valence-electron chi connectivity index (χ2n) is 6.41. The lowest BCUT2D eigenvalue weighted by Gasteiger charge is -2.35. The summed E-state index contributed by atoms with van der Waals surface area (Å²) in [7, 11) is 1.96. The zero-order valence-corrected chi connectivity index (χ0v) is 15.7. The largest absolute Gasteiger partial charge is 0.336 e. The number of piperazine rings is 1. The average Bonchev–Trinajstić information content (AvgIpc) is 3.27. The van der Waals surface area contributed by atoms with Crippen LogP contribution in [-0.2, 0) is 7.05 Å². The lowest BCUT2D eigenvalue weighted by molar-refractivity contribution is 0.0625. The molecule has 1 aliphatic rings. The van der Waals surface area contributed by atoms with E-state index in [0.29, 0.717) is 18.0 Å². The Bertz CT molecular complexity index is 917. The van der Waals surface area contributed by atoms with Crippen molar-refractivity contribution in [1.29, 1.82) is 0 Å². The Morgan fingerprint density at radius 3 is 2.85 bits per heavy atom. The van der Waals surface area contributed by atoms with E-state index in [2.05, 4.69) is 15.3 Å². The predicted molar refractivity (Wildman–Crippen MR) is 102 cm³/mol. The number of thiazole rings is 1. The van der Waals surface area contributed by atoms with Gasteiger partial charge in [-0.15, -0.1) is 11.3 Å². The first-order valence-corrected chi connectivity index (χ1v) is 9.48. The van der Waals surface area contributed by atoms with Gasteiger partial charge in [0.05, 0.1) is 5.69 Å². The van der Waals surface area contributed by atoms with Crippen molar-refractivity contribution in [3.8, 4) is 10.6 Å². The van der Waals surface area contributed by atoms with Crippen LogP contribution >= 0.6 is 11.3 Å². The molecule has 3 heterocycles. The van der Waals surface area contributed by atoms with Crippen molar-refractivity contribution < 1.29 is 4.79 Å². The highest BCUT2D eigenvalue weighted by Crippen LogP contribution is 2.31. The molecule has 4 rings (SSSR count). The maximum atomic E-state index is 13.3. The number of benzene rings is 1. The Kier molecular flexibility index (Phi) is 4.57. The summed E-state index contributed by atoms with van der Waals surface area (Å²) in [6.07, 6.45) is 3.69. The third kappa shape index (κ3) is 3.04. The summed E-state index contributed by atoms with van der Waals surface area (Å²) >= 11 is 1.47. The van der Waals surface area contributed by atoms with Crippen LogP contribution in [0.1, 0.15) is 27.2 Å². The molecular weight excluding hydrogens is 346 g/mol. The summed E-state index contributed by atoms with van der Waals surface area (Å²) in [5.74, 6) is 0.938. The lowest BCUT2D eigenvalue weighted by Crippen LogP contribution is -2.49. The molecule has 1 N–H and O–H groups in total. The Morgan fingerprint density at radius 1 is 1.31 bits per heavy atom. The predicted octanol–water partition coefficient (Wildman–Crippen LogP) is 2.64. The molecule has 1 aromatic carbocycles. The number of hydrogen-bond acceptors (Lipinski definition) is 5. The van der Waals surface area contributed by atoms with Crippen LogP contribution < -0.4 is 5.32 Å². The van der Waals surface area contributed by atoms with Crippen molar-refractivity contribution in [2.45, 2.75) is 13.0 Å². The van der Waals surface area contributed by atoms with Gasteiger partial charge in [0.15, 0.2) is 0 Å². The number of aromatic nitrogens is 3. The van der Waals surface area contributed by atoms with Gasteiger partial charge in [0.2, 0.25) is 0 Å². The van der Waals surface area contributed by atoms with Crippen LogP contribution in [0.4, 0.5) is 0 Å². The van der Waals surface area contributed by atoms with E-state index in [-0.39, 0.29) is 11.9 Å². The minimum absolute atomic E-state index is 0.0386. The van der Waals surface area contributed by atoms with Crippen LogP contribution in [0, 0.1) is 6.92 Å². The van der Waals surface area contributed by atoms with E-state index in [9.17, 15) is 4.79 Å². The highest BCUT2D eigenvalue weighted by molar-refractivity contribution is 7.17. The zero-order valence-electron chi connectivity index (χ0n) is 14.8. The molecule has 1 unspecified atom stereocenters. The van der Waals surface area contributed by atoms with E-state index in [1.165, 1.54) is 11.3 Å². The Balaban J connectivity index is 1.66. The number of carbonyl (C=O) groups excluding carboxylic acids is 1. The van der Waals surface area contributed by atoms with Gasteiger partial charge in [0.25, 0.3) is 5.91 Å². The summed E-state index contributed by atoms with van der Waals surface area (Å²) < 4.78 is 1.98. The SMILES string of the molecule is Cc1nc(-c2ccccc2)sc1C(=O)N1CCNCC1c1nccn1C. The van der Waals surface area contributed by atoms with Crippen molar-refractivity contribution in [2.75, 3.05) is 19.6 Å². The third-order valence-electron chi connectivity index (χ3n) is 4.67. The van der Waals surface area contributed by atoms with Crippen molar-refractivity contribution in [3.05, 3.63) is 59.1 Å². The highest BCUT2D eigenvalue weighted by Gasteiger charge is 2.32. The maximum absolute atomic E-state index is 13.3. The van der Waals surface area contributed by atoms with Gasteiger partial charge in [0.1, 0.15) is 21.8 Å². The van der Waals surface area contributed by atoms with Crippen LogP contribution in [0.25, 0.3) is 10.6 Å². The van der Waals surface area contributed by atoms with Gasteiger partial charge in [0, 0.05) is 44.6 Å².